The number of amides is 1. The van der Waals surface area contributed by atoms with E-state index in [0.717, 1.165) is 13.1 Å². The first kappa shape index (κ1) is 9.97. The van der Waals surface area contributed by atoms with E-state index in [1.165, 1.54) is 6.20 Å². The Balaban J connectivity index is 2.14. The van der Waals surface area contributed by atoms with Gasteiger partial charge in [-0.3, -0.25) is 4.79 Å². The number of carbonyl (C=O) groups is 1. The number of rotatable bonds is 3. The molecule has 1 fully saturated rings. The number of aromatic nitrogens is 2. The zero-order valence-electron chi connectivity index (χ0n) is 8.54. The molecule has 0 unspecified atom stereocenters. The Morgan fingerprint density at radius 1 is 1.60 bits per heavy atom. The molecule has 0 aliphatic carbocycles. The maximum Gasteiger partial charge on any atom is 0.323 e. The molecule has 2 heterocycles. The number of carbonyl (C=O) groups excluding carboxylic acids is 1. The first-order valence-electron chi connectivity index (χ1n) is 5.01. The van der Waals surface area contributed by atoms with Crippen molar-refractivity contribution < 1.29 is 4.79 Å². The topological polar surface area (TPSA) is 81.0 Å². The molecule has 1 aromatic heterocycles. The second-order valence-electron chi connectivity index (χ2n) is 3.56. The van der Waals surface area contributed by atoms with Crippen LogP contribution < -0.4 is 11.0 Å². The number of imidazole rings is 1. The SMILES string of the molecule is CCN(C(=O)c1c[nH]c(=O)[nH]1)C1CNC1. The van der Waals surface area contributed by atoms with Gasteiger partial charge in [0.15, 0.2) is 0 Å². The zero-order valence-corrected chi connectivity index (χ0v) is 8.54. The molecule has 1 saturated heterocycles. The van der Waals surface area contributed by atoms with Crippen LogP contribution in [0.4, 0.5) is 0 Å². The van der Waals surface area contributed by atoms with Crippen molar-refractivity contribution in [3.8, 4) is 0 Å². The van der Waals surface area contributed by atoms with E-state index in [9.17, 15) is 9.59 Å². The fourth-order valence-electron chi connectivity index (χ4n) is 1.66. The molecule has 6 heteroatoms. The Morgan fingerprint density at radius 3 is 2.73 bits per heavy atom. The average Bonchev–Trinajstić information content (AvgIpc) is 2.57. The second kappa shape index (κ2) is 3.90. The molecule has 0 bridgehead atoms. The minimum absolute atomic E-state index is 0.123. The fourth-order valence-corrected chi connectivity index (χ4v) is 1.66. The highest BCUT2D eigenvalue weighted by molar-refractivity contribution is 5.92. The van der Waals surface area contributed by atoms with Gasteiger partial charge >= 0.3 is 5.69 Å². The van der Waals surface area contributed by atoms with E-state index in [4.69, 9.17) is 0 Å². The molecule has 15 heavy (non-hydrogen) atoms. The van der Waals surface area contributed by atoms with Gasteiger partial charge in [-0.1, -0.05) is 0 Å². The number of hydrogen-bond acceptors (Lipinski definition) is 3. The van der Waals surface area contributed by atoms with E-state index in [-0.39, 0.29) is 17.6 Å². The average molecular weight is 210 g/mol. The third kappa shape index (κ3) is 1.80. The molecular formula is C9H14N4O2. The Morgan fingerprint density at radius 2 is 2.33 bits per heavy atom. The largest absolute Gasteiger partial charge is 0.332 e. The maximum absolute atomic E-state index is 11.9. The lowest BCUT2D eigenvalue weighted by Gasteiger charge is -2.37. The van der Waals surface area contributed by atoms with Gasteiger partial charge in [-0.25, -0.2) is 4.79 Å². The van der Waals surface area contributed by atoms with E-state index in [1.807, 2.05) is 6.92 Å². The van der Waals surface area contributed by atoms with Crippen molar-refractivity contribution in [1.29, 1.82) is 0 Å². The lowest BCUT2D eigenvalue weighted by atomic mass is 10.1. The van der Waals surface area contributed by atoms with Crippen molar-refractivity contribution >= 4 is 5.91 Å². The predicted molar refractivity (Wildman–Crippen MR) is 54.8 cm³/mol. The van der Waals surface area contributed by atoms with Gasteiger partial charge in [0.05, 0.1) is 6.04 Å². The second-order valence-corrected chi connectivity index (χ2v) is 3.56. The van der Waals surface area contributed by atoms with Gasteiger partial charge in [0, 0.05) is 25.8 Å². The van der Waals surface area contributed by atoms with Crippen molar-refractivity contribution in [3.05, 3.63) is 22.4 Å². The third-order valence-electron chi connectivity index (χ3n) is 2.63. The fraction of sp³-hybridized carbons (Fsp3) is 0.556. The first-order valence-corrected chi connectivity index (χ1v) is 5.01. The normalized spacial score (nSPS) is 16.1. The molecule has 2 rings (SSSR count). The monoisotopic (exact) mass is 210 g/mol. The molecule has 1 aromatic rings. The summed E-state index contributed by atoms with van der Waals surface area (Å²) in [6.07, 6.45) is 1.42. The van der Waals surface area contributed by atoms with Gasteiger partial charge < -0.3 is 20.2 Å². The highest BCUT2D eigenvalue weighted by Crippen LogP contribution is 2.08. The van der Waals surface area contributed by atoms with Gasteiger partial charge in [-0.2, -0.15) is 0 Å². The van der Waals surface area contributed by atoms with Crippen LogP contribution in [0.1, 0.15) is 17.4 Å². The van der Waals surface area contributed by atoms with Crippen LogP contribution in [0.5, 0.6) is 0 Å². The van der Waals surface area contributed by atoms with E-state index in [1.54, 1.807) is 4.90 Å². The number of hydrogen-bond donors (Lipinski definition) is 3. The molecule has 0 spiro atoms. The summed E-state index contributed by atoms with van der Waals surface area (Å²) in [6, 6.07) is 0.251. The van der Waals surface area contributed by atoms with Gasteiger partial charge in [0.2, 0.25) is 0 Å². The van der Waals surface area contributed by atoms with E-state index in [2.05, 4.69) is 15.3 Å². The molecule has 0 atom stereocenters. The summed E-state index contributed by atoms with van der Waals surface area (Å²) in [4.78, 5) is 29.5. The van der Waals surface area contributed by atoms with Gasteiger partial charge in [-0.05, 0) is 6.92 Å². The lowest BCUT2D eigenvalue weighted by Crippen LogP contribution is -2.58. The van der Waals surface area contributed by atoms with Crippen LogP contribution in [-0.2, 0) is 0 Å². The summed E-state index contributed by atoms with van der Waals surface area (Å²) in [7, 11) is 0. The Kier molecular flexibility index (Phi) is 2.59. The highest BCUT2D eigenvalue weighted by atomic mass is 16.2. The summed E-state index contributed by atoms with van der Waals surface area (Å²) < 4.78 is 0. The summed E-state index contributed by atoms with van der Waals surface area (Å²) in [5.74, 6) is -0.123. The molecule has 6 nitrogen and oxygen atoms in total. The number of aromatic amines is 2. The summed E-state index contributed by atoms with van der Waals surface area (Å²) in [5.41, 5.74) is -0.0186. The summed E-state index contributed by atoms with van der Waals surface area (Å²) in [6.45, 7) is 4.24. The minimum Gasteiger partial charge on any atom is -0.332 e. The summed E-state index contributed by atoms with van der Waals surface area (Å²) >= 11 is 0. The van der Waals surface area contributed by atoms with Crippen LogP contribution in [-0.4, -0.2) is 46.5 Å². The molecule has 1 aliphatic rings. The summed E-state index contributed by atoms with van der Waals surface area (Å²) in [5, 5.41) is 3.11. The smallest absolute Gasteiger partial charge is 0.323 e. The van der Waals surface area contributed by atoms with Crippen LogP contribution in [0.2, 0.25) is 0 Å². The van der Waals surface area contributed by atoms with Crippen molar-refractivity contribution in [3.63, 3.8) is 0 Å². The number of H-pyrrole nitrogens is 2. The van der Waals surface area contributed by atoms with Gasteiger partial charge in [0.1, 0.15) is 5.69 Å². The molecule has 0 aromatic carbocycles. The standard InChI is InChI=1S/C9H14N4O2/c1-2-13(6-3-10-4-6)8(14)7-5-11-9(15)12-7/h5-6,10H,2-4H2,1H3,(H2,11,12,15). The van der Waals surface area contributed by atoms with Gasteiger partial charge in [0.25, 0.3) is 5.91 Å². The van der Waals surface area contributed by atoms with Crippen LogP contribution in [0.3, 0.4) is 0 Å². The van der Waals surface area contributed by atoms with E-state index < -0.39 is 0 Å². The van der Waals surface area contributed by atoms with Crippen LogP contribution >= 0.6 is 0 Å². The first-order chi connectivity index (χ1) is 7.22. The number of nitrogens with one attached hydrogen (secondary N) is 3. The molecular weight excluding hydrogens is 196 g/mol. The Bertz CT molecular complexity index is 404. The highest BCUT2D eigenvalue weighted by Gasteiger charge is 2.28. The van der Waals surface area contributed by atoms with E-state index >= 15 is 0 Å². The maximum atomic E-state index is 11.9. The van der Waals surface area contributed by atoms with Crippen molar-refractivity contribution in [2.45, 2.75) is 13.0 Å². The molecule has 0 radical (unpaired) electrons. The quantitative estimate of drug-likeness (QED) is 0.607. The van der Waals surface area contributed by atoms with E-state index in [0.29, 0.717) is 12.2 Å². The Labute approximate surface area is 86.7 Å². The lowest BCUT2D eigenvalue weighted by molar-refractivity contribution is 0.0624. The molecule has 82 valence electrons. The Hall–Kier alpha value is -1.56. The molecule has 0 saturated carbocycles. The molecule has 1 aliphatic heterocycles. The minimum atomic E-state index is -0.346. The number of nitrogens with zero attached hydrogens (tertiary/aromatic N) is 1. The predicted octanol–water partition coefficient (Wildman–Crippen LogP) is -0.863. The van der Waals surface area contributed by atoms with Crippen molar-refractivity contribution in [2.24, 2.45) is 0 Å². The van der Waals surface area contributed by atoms with Gasteiger partial charge in [-0.15, -0.1) is 0 Å². The van der Waals surface area contributed by atoms with Crippen LogP contribution in [0, 0.1) is 0 Å². The van der Waals surface area contributed by atoms with Crippen molar-refractivity contribution in [2.75, 3.05) is 19.6 Å². The molecule has 3 N–H and O–H groups in total. The third-order valence-corrected chi connectivity index (χ3v) is 2.63. The zero-order chi connectivity index (χ0) is 10.8. The van der Waals surface area contributed by atoms with Crippen LogP contribution in [0.25, 0.3) is 0 Å². The van der Waals surface area contributed by atoms with Crippen molar-refractivity contribution in [1.82, 2.24) is 20.2 Å². The number of likely N-dealkylation sites (N-methyl/N-ethyl adjacent to an activating group) is 1. The molecule has 1 amide bonds. The van der Waals surface area contributed by atoms with Crippen LogP contribution in [0.15, 0.2) is 11.0 Å².